The van der Waals surface area contributed by atoms with Crippen LogP contribution in [0.2, 0.25) is 0 Å². The van der Waals surface area contributed by atoms with E-state index < -0.39 is 0 Å². The Morgan fingerprint density at radius 2 is 2.00 bits per heavy atom. The van der Waals surface area contributed by atoms with Gasteiger partial charge in [0.05, 0.1) is 17.1 Å². The van der Waals surface area contributed by atoms with Crippen molar-refractivity contribution in [3.63, 3.8) is 0 Å². The number of aromatic nitrogens is 1. The Balaban J connectivity index is 1.85. The van der Waals surface area contributed by atoms with Gasteiger partial charge in [0.15, 0.2) is 0 Å². The number of aryl methyl sites for hydroxylation is 1. The highest BCUT2D eigenvalue weighted by molar-refractivity contribution is 5.99. The molecule has 2 aliphatic rings. The summed E-state index contributed by atoms with van der Waals surface area (Å²) in [6, 6.07) is 8.47. The second-order valence-electron chi connectivity index (χ2n) is 6.22. The van der Waals surface area contributed by atoms with Crippen molar-refractivity contribution >= 4 is 17.3 Å². The van der Waals surface area contributed by atoms with Crippen molar-refractivity contribution in [2.24, 2.45) is 7.05 Å². The molecule has 4 nitrogen and oxygen atoms in total. The molecule has 2 aromatic rings. The monoisotopic (exact) mass is 295 g/mol. The molecular formula is C18H21N3O. The molecule has 4 rings (SSSR count). The molecule has 0 fully saturated rings. The second kappa shape index (κ2) is 5.20. The third kappa shape index (κ3) is 2.10. The largest absolute Gasteiger partial charge is 0.382 e. The highest BCUT2D eigenvalue weighted by Crippen LogP contribution is 2.38. The number of anilines is 2. The van der Waals surface area contributed by atoms with E-state index >= 15 is 0 Å². The number of nitrogens with one attached hydrogen (secondary N) is 2. The van der Waals surface area contributed by atoms with E-state index in [2.05, 4.69) is 34.4 Å². The van der Waals surface area contributed by atoms with E-state index in [1.54, 1.807) is 0 Å². The number of nitrogens with zero attached hydrogens (tertiary/aromatic N) is 1. The minimum absolute atomic E-state index is 0.0783. The van der Waals surface area contributed by atoms with Crippen molar-refractivity contribution in [3.8, 4) is 11.3 Å². The van der Waals surface area contributed by atoms with Crippen LogP contribution in [0.15, 0.2) is 24.3 Å². The molecule has 1 aliphatic heterocycles. The van der Waals surface area contributed by atoms with Gasteiger partial charge in [0.2, 0.25) is 5.91 Å². The SMILES string of the molecule is Cn1c(-c2cccc3c2NCCC(=O)N3)cc2c1CCCC2. The lowest BCUT2D eigenvalue weighted by atomic mass is 9.98. The summed E-state index contributed by atoms with van der Waals surface area (Å²) in [4.78, 5) is 11.8. The van der Waals surface area contributed by atoms with Crippen LogP contribution >= 0.6 is 0 Å². The van der Waals surface area contributed by atoms with E-state index in [0.29, 0.717) is 13.0 Å². The highest BCUT2D eigenvalue weighted by Gasteiger charge is 2.21. The fraction of sp³-hybridized carbons (Fsp3) is 0.389. The predicted octanol–water partition coefficient (Wildman–Crippen LogP) is 3.33. The van der Waals surface area contributed by atoms with Crippen LogP contribution in [0.25, 0.3) is 11.3 Å². The Labute approximate surface area is 130 Å². The van der Waals surface area contributed by atoms with Crippen molar-refractivity contribution in [2.75, 3.05) is 17.2 Å². The van der Waals surface area contributed by atoms with Gasteiger partial charge in [0.1, 0.15) is 0 Å². The lowest BCUT2D eigenvalue weighted by Gasteiger charge is -2.16. The first-order chi connectivity index (χ1) is 10.7. The molecule has 0 spiro atoms. The maximum absolute atomic E-state index is 11.8. The van der Waals surface area contributed by atoms with Gasteiger partial charge in [-0.1, -0.05) is 12.1 Å². The molecule has 4 heteroatoms. The third-order valence-electron chi connectivity index (χ3n) is 4.83. The lowest BCUT2D eigenvalue weighted by Crippen LogP contribution is -2.10. The Morgan fingerprint density at radius 1 is 1.14 bits per heavy atom. The molecule has 1 amide bonds. The van der Waals surface area contributed by atoms with Crippen molar-refractivity contribution < 1.29 is 4.79 Å². The molecule has 1 aliphatic carbocycles. The number of carbonyl (C=O) groups is 1. The fourth-order valence-electron chi connectivity index (χ4n) is 3.69. The standard InChI is InChI=1S/C18H21N3O/c1-21-15-8-3-2-5-12(15)11-16(21)13-6-4-7-14-18(13)19-10-9-17(22)20-14/h4,6-7,11,19H,2-3,5,8-10H2,1H3,(H,20,22). The summed E-state index contributed by atoms with van der Waals surface area (Å²) in [5, 5.41) is 6.44. The summed E-state index contributed by atoms with van der Waals surface area (Å²) in [7, 11) is 2.16. The molecule has 1 aromatic carbocycles. The van der Waals surface area contributed by atoms with Gasteiger partial charge in [-0.05, 0) is 43.4 Å². The van der Waals surface area contributed by atoms with Gasteiger partial charge in [0.25, 0.3) is 0 Å². The first kappa shape index (κ1) is 13.4. The van der Waals surface area contributed by atoms with Crippen LogP contribution in [0, 0.1) is 0 Å². The van der Waals surface area contributed by atoms with Crippen LogP contribution in [-0.4, -0.2) is 17.0 Å². The summed E-state index contributed by atoms with van der Waals surface area (Å²) in [5.74, 6) is 0.0783. The molecule has 114 valence electrons. The Morgan fingerprint density at radius 3 is 2.86 bits per heavy atom. The molecule has 0 saturated heterocycles. The molecule has 0 unspecified atom stereocenters. The summed E-state index contributed by atoms with van der Waals surface area (Å²) >= 11 is 0. The topological polar surface area (TPSA) is 46.1 Å². The number of fused-ring (bicyclic) bond motifs is 2. The average molecular weight is 295 g/mol. The van der Waals surface area contributed by atoms with Crippen LogP contribution in [-0.2, 0) is 24.7 Å². The number of hydrogen-bond donors (Lipinski definition) is 2. The van der Waals surface area contributed by atoms with Crippen LogP contribution in [0.5, 0.6) is 0 Å². The van der Waals surface area contributed by atoms with Crippen LogP contribution < -0.4 is 10.6 Å². The van der Waals surface area contributed by atoms with Gasteiger partial charge in [-0.25, -0.2) is 0 Å². The van der Waals surface area contributed by atoms with Gasteiger partial charge < -0.3 is 15.2 Å². The smallest absolute Gasteiger partial charge is 0.226 e. The number of para-hydroxylation sites is 1. The third-order valence-corrected chi connectivity index (χ3v) is 4.83. The number of hydrogen-bond acceptors (Lipinski definition) is 2. The van der Waals surface area contributed by atoms with Crippen molar-refractivity contribution in [1.82, 2.24) is 4.57 Å². The summed E-state index contributed by atoms with van der Waals surface area (Å²) in [6.07, 6.45) is 5.44. The van der Waals surface area contributed by atoms with E-state index in [1.165, 1.54) is 48.2 Å². The predicted molar refractivity (Wildman–Crippen MR) is 89.2 cm³/mol. The van der Waals surface area contributed by atoms with Gasteiger partial charge in [-0.3, -0.25) is 4.79 Å². The quantitative estimate of drug-likeness (QED) is 0.847. The average Bonchev–Trinajstić information content (AvgIpc) is 2.73. The molecule has 0 bridgehead atoms. The van der Waals surface area contributed by atoms with Gasteiger partial charge in [-0.15, -0.1) is 0 Å². The Bertz CT molecular complexity index is 745. The molecule has 22 heavy (non-hydrogen) atoms. The van der Waals surface area contributed by atoms with Gasteiger partial charge in [-0.2, -0.15) is 0 Å². The fourth-order valence-corrected chi connectivity index (χ4v) is 3.69. The van der Waals surface area contributed by atoms with E-state index in [0.717, 1.165) is 11.4 Å². The van der Waals surface area contributed by atoms with E-state index in [9.17, 15) is 4.79 Å². The first-order valence-corrected chi connectivity index (χ1v) is 8.08. The number of amides is 1. The van der Waals surface area contributed by atoms with E-state index in [-0.39, 0.29) is 5.91 Å². The zero-order chi connectivity index (χ0) is 15.1. The molecule has 1 aromatic heterocycles. The van der Waals surface area contributed by atoms with Gasteiger partial charge >= 0.3 is 0 Å². The van der Waals surface area contributed by atoms with Crippen LogP contribution in [0.3, 0.4) is 0 Å². The number of carbonyl (C=O) groups excluding carboxylic acids is 1. The molecular weight excluding hydrogens is 274 g/mol. The summed E-state index contributed by atoms with van der Waals surface area (Å²) in [5.41, 5.74) is 7.31. The highest BCUT2D eigenvalue weighted by atomic mass is 16.1. The summed E-state index contributed by atoms with van der Waals surface area (Å²) in [6.45, 7) is 0.681. The zero-order valence-electron chi connectivity index (χ0n) is 12.9. The second-order valence-corrected chi connectivity index (χ2v) is 6.22. The summed E-state index contributed by atoms with van der Waals surface area (Å²) < 4.78 is 2.33. The zero-order valence-corrected chi connectivity index (χ0v) is 12.9. The van der Waals surface area contributed by atoms with E-state index in [1.807, 2.05) is 12.1 Å². The first-order valence-electron chi connectivity index (χ1n) is 8.08. The van der Waals surface area contributed by atoms with Crippen molar-refractivity contribution in [2.45, 2.75) is 32.1 Å². The number of rotatable bonds is 1. The molecule has 0 radical (unpaired) electrons. The minimum atomic E-state index is 0.0783. The Kier molecular flexibility index (Phi) is 3.17. The van der Waals surface area contributed by atoms with Crippen molar-refractivity contribution in [3.05, 3.63) is 35.5 Å². The molecule has 0 saturated carbocycles. The minimum Gasteiger partial charge on any atom is -0.382 e. The number of benzene rings is 1. The normalized spacial score (nSPS) is 17.0. The van der Waals surface area contributed by atoms with Crippen LogP contribution in [0.1, 0.15) is 30.5 Å². The molecule has 0 atom stereocenters. The lowest BCUT2D eigenvalue weighted by molar-refractivity contribution is -0.115. The molecule has 2 heterocycles. The van der Waals surface area contributed by atoms with E-state index in [4.69, 9.17) is 0 Å². The Hall–Kier alpha value is -2.23. The maximum atomic E-state index is 11.8. The van der Waals surface area contributed by atoms with Gasteiger partial charge in [0, 0.05) is 31.3 Å². The molecule has 2 N–H and O–H groups in total. The van der Waals surface area contributed by atoms with Crippen molar-refractivity contribution in [1.29, 1.82) is 0 Å². The maximum Gasteiger partial charge on any atom is 0.226 e. The van der Waals surface area contributed by atoms with Crippen LogP contribution in [0.4, 0.5) is 11.4 Å².